The van der Waals surface area contributed by atoms with E-state index >= 15 is 0 Å². The van der Waals surface area contributed by atoms with Gasteiger partial charge in [-0.15, -0.1) is 0 Å². The quantitative estimate of drug-likeness (QED) is 0.822. The maximum atomic E-state index is 3.14. The first-order valence-electron chi connectivity index (χ1n) is 6.56. The fourth-order valence-corrected chi connectivity index (χ4v) is 2.13. The summed E-state index contributed by atoms with van der Waals surface area (Å²) in [5.41, 5.74) is 5.12. The van der Waals surface area contributed by atoms with Crippen LogP contribution in [-0.4, -0.2) is 7.05 Å². The molecule has 18 heavy (non-hydrogen) atoms. The normalized spacial score (nSPS) is 10.7. The molecule has 0 unspecified atom stereocenters. The molecule has 1 nitrogen and oxygen atoms in total. The minimum atomic E-state index is 0.714. The Labute approximate surface area is 110 Å². The third kappa shape index (κ3) is 3.13. The van der Waals surface area contributed by atoms with Crippen LogP contribution in [0.1, 0.15) is 19.4 Å². The SMILES string of the molecule is CNc1ccc(-c2ccc(CC(C)C)cc2)cc1. The van der Waals surface area contributed by atoms with Crippen LogP contribution >= 0.6 is 0 Å². The fourth-order valence-electron chi connectivity index (χ4n) is 2.13. The predicted octanol–water partition coefficient (Wildman–Crippen LogP) is 4.59. The van der Waals surface area contributed by atoms with Crippen LogP contribution in [0.25, 0.3) is 11.1 Å². The molecule has 0 radical (unpaired) electrons. The summed E-state index contributed by atoms with van der Waals surface area (Å²) >= 11 is 0. The topological polar surface area (TPSA) is 12.0 Å². The molecule has 2 aromatic carbocycles. The Balaban J connectivity index is 2.17. The third-order valence-corrected chi connectivity index (χ3v) is 3.10. The van der Waals surface area contributed by atoms with Crippen LogP contribution in [0, 0.1) is 5.92 Å². The second kappa shape index (κ2) is 5.72. The second-order valence-corrected chi connectivity index (χ2v) is 5.12. The van der Waals surface area contributed by atoms with Gasteiger partial charge < -0.3 is 5.32 Å². The van der Waals surface area contributed by atoms with Crippen LogP contribution in [0.4, 0.5) is 5.69 Å². The van der Waals surface area contributed by atoms with E-state index < -0.39 is 0 Å². The molecule has 0 aliphatic carbocycles. The molecule has 0 bridgehead atoms. The van der Waals surface area contributed by atoms with E-state index in [-0.39, 0.29) is 0 Å². The van der Waals surface area contributed by atoms with Gasteiger partial charge in [-0.05, 0) is 41.2 Å². The lowest BCUT2D eigenvalue weighted by Crippen LogP contribution is -1.93. The standard InChI is InChI=1S/C17H21N/c1-13(2)12-14-4-6-15(7-5-14)16-8-10-17(18-3)11-9-16/h4-11,13,18H,12H2,1-3H3. The Morgan fingerprint density at radius 1 is 0.833 bits per heavy atom. The van der Waals surface area contributed by atoms with Gasteiger partial charge in [-0.1, -0.05) is 50.2 Å². The molecule has 1 heteroatoms. The minimum Gasteiger partial charge on any atom is -0.388 e. The minimum absolute atomic E-state index is 0.714. The van der Waals surface area contributed by atoms with Gasteiger partial charge in [-0.2, -0.15) is 0 Å². The van der Waals surface area contributed by atoms with Gasteiger partial charge in [0.05, 0.1) is 0 Å². The van der Waals surface area contributed by atoms with E-state index in [4.69, 9.17) is 0 Å². The van der Waals surface area contributed by atoms with Crippen LogP contribution < -0.4 is 5.32 Å². The van der Waals surface area contributed by atoms with Crippen molar-refractivity contribution in [3.05, 3.63) is 54.1 Å². The Hall–Kier alpha value is -1.76. The molecular formula is C17H21N. The summed E-state index contributed by atoms with van der Waals surface area (Å²) in [5, 5.41) is 3.14. The largest absolute Gasteiger partial charge is 0.388 e. The summed E-state index contributed by atoms with van der Waals surface area (Å²) in [6, 6.07) is 17.4. The van der Waals surface area contributed by atoms with Crippen molar-refractivity contribution in [2.45, 2.75) is 20.3 Å². The zero-order chi connectivity index (χ0) is 13.0. The van der Waals surface area contributed by atoms with E-state index in [1.165, 1.54) is 16.7 Å². The second-order valence-electron chi connectivity index (χ2n) is 5.12. The highest BCUT2D eigenvalue weighted by molar-refractivity contribution is 5.66. The van der Waals surface area contributed by atoms with E-state index in [9.17, 15) is 0 Å². The first-order valence-corrected chi connectivity index (χ1v) is 6.56. The maximum absolute atomic E-state index is 3.14. The van der Waals surface area contributed by atoms with Crippen LogP contribution in [0.5, 0.6) is 0 Å². The van der Waals surface area contributed by atoms with Gasteiger partial charge in [-0.3, -0.25) is 0 Å². The van der Waals surface area contributed by atoms with Crippen molar-refractivity contribution in [3.8, 4) is 11.1 Å². The Bertz CT molecular complexity index is 480. The molecule has 0 saturated heterocycles. The number of benzene rings is 2. The average molecular weight is 239 g/mol. The van der Waals surface area contributed by atoms with Crippen LogP contribution in [0.3, 0.4) is 0 Å². The van der Waals surface area contributed by atoms with Gasteiger partial charge in [0.25, 0.3) is 0 Å². The number of anilines is 1. The molecular weight excluding hydrogens is 218 g/mol. The van der Waals surface area contributed by atoms with E-state index in [0.29, 0.717) is 5.92 Å². The number of rotatable bonds is 4. The zero-order valence-electron chi connectivity index (χ0n) is 11.4. The highest BCUT2D eigenvalue weighted by atomic mass is 14.8. The van der Waals surface area contributed by atoms with Crippen molar-refractivity contribution < 1.29 is 0 Å². The highest BCUT2D eigenvalue weighted by Crippen LogP contribution is 2.22. The van der Waals surface area contributed by atoms with Gasteiger partial charge in [0.15, 0.2) is 0 Å². The molecule has 0 aliphatic rings. The summed E-state index contributed by atoms with van der Waals surface area (Å²) in [6.07, 6.45) is 1.15. The monoisotopic (exact) mass is 239 g/mol. The Kier molecular flexibility index (Phi) is 4.03. The lowest BCUT2D eigenvalue weighted by Gasteiger charge is -2.07. The lowest BCUT2D eigenvalue weighted by atomic mass is 9.99. The van der Waals surface area contributed by atoms with Crippen molar-refractivity contribution in [2.75, 3.05) is 12.4 Å². The first-order chi connectivity index (χ1) is 8.69. The summed E-state index contributed by atoms with van der Waals surface area (Å²) < 4.78 is 0. The van der Waals surface area contributed by atoms with Crippen molar-refractivity contribution in [2.24, 2.45) is 5.92 Å². The van der Waals surface area contributed by atoms with Crippen LogP contribution in [0.15, 0.2) is 48.5 Å². The number of nitrogens with one attached hydrogen (secondary N) is 1. The molecule has 2 aromatic rings. The van der Waals surface area contributed by atoms with Crippen molar-refractivity contribution >= 4 is 5.69 Å². The van der Waals surface area contributed by atoms with E-state index in [1.54, 1.807) is 0 Å². The van der Waals surface area contributed by atoms with E-state index in [2.05, 4.69) is 67.7 Å². The number of hydrogen-bond donors (Lipinski definition) is 1. The summed E-state index contributed by atoms with van der Waals surface area (Å²) in [5.74, 6) is 0.714. The smallest absolute Gasteiger partial charge is 0.0337 e. The predicted molar refractivity (Wildman–Crippen MR) is 80.0 cm³/mol. The van der Waals surface area contributed by atoms with E-state index in [1.807, 2.05) is 7.05 Å². The molecule has 0 atom stereocenters. The molecule has 0 fully saturated rings. The van der Waals surface area contributed by atoms with E-state index in [0.717, 1.165) is 12.1 Å². The van der Waals surface area contributed by atoms with Gasteiger partial charge in [0.2, 0.25) is 0 Å². The lowest BCUT2D eigenvalue weighted by molar-refractivity contribution is 0.647. The first kappa shape index (κ1) is 12.7. The number of hydrogen-bond acceptors (Lipinski definition) is 1. The molecule has 0 heterocycles. The molecule has 0 spiro atoms. The van der Waals surface area contributed by atoms with Gasteiger partial charge >= 0.3 is 0 Å². The van der Waals surface area contributed by atoms with Gasteiger partial charge in [-0.25, -0.2) is 0 Å². The average Bonchev–Trinajstić information content (AvgIpc) is 2.39. The zero-order valence-corrected chi connectivity index (χ0v) is 11.4. The summed E-state index contributed by atoms with van der Waals surface area (Å²) in [4.78, 5) is 0. The molecule has 0 saturated carbocycles. The summed E-state index contributed by atoms with van der Waals surface area (Å²) in [7, 11) is 1.94. The molecule has 2 rings (SSSR count). The summed E-state index contributed by atoms with van der Waals surface area (Å²) in [6.45, 7) is 4.51. The molecule has 94 valence electrons. The molecule has 0 aromatic heterocycles. The third-order valence-electron chi connectivity index (χ3n) is 3.10. The van der Waals surface area contributed by atoms with Gasteiger partial charge in [0.1, 0.15) is 0 Å². The van der Waals surface area contributed by atoms with Gasteiger partial charge in [0, 0.05) is 12.7 Å². The van der Waals surface area contributed by atoms with Crippen LogP contribution in [-0.2, 0) is 6.42 Å². The Morgan fingerprint density at radius 3 is 1.78 bits per heavy atom. The van der Waals surface area contributed by atoms with Crippen molar-refractivity contribution in [1.82, 2.24) is 0 Å². The fraction of sp³-hybridized carbons (Fsp3) is 0.294. The molecule has 0 amide bonds. The van der Waals surface area contributed by atoms with Crippen LogP contribution in [0.2, 0.25) is 0 Å². The molecule has 1 N–H and O–H groups in total. The van der Waals surface area contributed by atoms with Crippen molar-refractivity contribution in [3.63, 3.8) is 0 Å². The highest BCUT2D eigenvalue weighted by Gasteiger charge is 2.00. The van der Waals surface area contributed by atoms with Crippen molar-refractivity contribution in [1.29, 1.82) is 0 Å². The Morgan fingerprint density at radius 2 is 1.33 bits per heavy atom. The molecule has 0 aliphatic heterocycles. The maximum Gasteiger partial charge on any atom is 0.0337 e.